The van der Waals surface area contributed by atoms with Crippen LogP contribution in [0.1, 0.15) is 12.5 Å². The van der Waals surface area contributed by atoms with Gasteiger partial charge in [0.1, 0.15) is 0 Å². The van der Waals surface area contributed by atoms with Gasteiger partial charge in [-0.25, -0.2) is 8.42 Å². The molecule has 1 aromatic carbocycles. The molecule has 0 aliphatic carbocycles. The highest BCUT2D eigenvalue weighted by Crippen LogP contribution is 2.31. The Morgan fingerprint density at radius 2 is 2.11 bits per heavy atom. The predicted molar refractivity (Wildman–Crippen MR) is 76.1 cm³/mol. The molecular weight excluding hydrogens is 272 g/mol. The molecule has 0 saturated carbocycles. The summed E-state index contributed by atoms with van der Waals surface area (Å²) in [7, 11) is -2.90. The van der Waals surface area contributed by atoms with E-state index in [2.05, 4.69) is 4.90 Å². The molecule has 6 heteroatoms. The van der Waals surface area contributed by atoms with Gasteiger partial charge >= 0.3 is 0 Å². The van der Waals surface area contributed by atoms with Crippen molar-refractivity contribution in [3.63, 3.8) is 0 Å². The van der Waals surface area contributed by atoms with Crippen LogP contribution >= 0.6 is 11.6 Å². The Morgan fingerprint density at radius 3 is 2.72 bits per heavy atom. The summed E-state index contributed by atoms with van der Waals surface area (Å²) in [5, 5.41) is 0.510. The van der Waals surface area contributed by atoms with Gasteiger partial charge in [-0.3, -0.25) is 0 Å². The van der Waals surface area contributed by atoms with E-state index in [1.807, 2.05) is 26.0 Å². The minimum atomic E-state index is -2.90. The van der Waals surface area contributed by atoms with E-state index in [0.717, 1.165) is 11.3 Å². The molecule has 1 unspecified atom stereocenters. The Balaban J connectivity index is 2.36. The fourth-order valence-electron chi connectivity index (χ4n) is 2.36. The molecule has 1 fully saturated rings. The van der Waals surface area contributed by atoms with Crippen LogP contribution in [0.15, 0.2) is 12.1 Å². The lowest BCUT2D eigenvalue weighted by Crippen LogP contribution is -2.47. The largest absolute Gasteiger partial charge is 0.398 e. The molecule has 1 saturated heterocycles. The minimum Gasteiger partial charge on any atom is -0.398 e. The first-order valence-electron chi connectivity index (χ1n) is 5.83. The first-order chi connectivity index (χ1) is 8.30. The maximum atomic E-state index is 11.6. The summed E-state index contributed by atoms with van der Waals surface area (Å²) in [6.07, 6.45) is 0. The summed E-state index contributed by atoms with van der Waals surface area (Å²) in [4.78, 5) is 2.09. The highest BCUT2D eigenvalue weighted by molar-refractivity contribution is 7.91. The summed E-state index contributed by atoms with van der Waals surface area (Å²) >= 11 is 6.04. The topological polar surface area (TPSA) is 63.4 Å². The average Bonchev–Trinajstić information content (AvgIpc) is 2.23. The third-order valence-corrected chi connectivity index (χ3v) is 5.42. The first-order valence-corrected chi connectivity index (χ1v) is 8.03. The van der Waals surface area contributed by atoms with Gasteiger partial charge in [0, 0.05) is 18.3 Å². The van der Waals surface area contributed by atoms with Crippen molar-refractivity contribution in [3.05, 3.63) is 22.7 Å². The van der Waals surface area contributed by atoms with Crippen LogP contribution in [0, 0.1) is 6.92 Å². The molecule has 1 aliphatic heterocycles. The second-order valence-corrected chi connectivity index (χ2v) is 7.45. The lowest BCUT2D eigenvalue weighted by Gasteiger charge is -2.36. The number of benzene rings is 1. The number of anilines is 2. The number of nitrogens with zero attached hydrogens (tertiary/aromatic N) is 1. The Morgan fingerprint density at radius 1 is 1.44 bits per heavy atom. The van der Waals surface area contributed by atoms with E-state index < -0.39 is 9.84 Å². The number of nitrogens with two attached hydrogens (primary N) is 1. The van der Waals surface area contributed by atoms with Gasteiger partial charge in [0.2, 0.25) is 0 Å². The van der Waals surface area contributed by atoms with Crippen LogP contribution in [0.5, 0.6) is 0 Å². The molecule has 2 N–H and O–H groups in total. The van der Waals surface area contributed by atoms with Gasteiger partial charge in [-0.1, -0.05) is 11.6 Å². The van der Waals surface area contributed by atoms with Crippen LogP contribution in [0.2, 0.25) is 5.02 Å². The Hall–Kier alpha value is -0.940. The standard InChI is InChI=1S/C12H17ClN2O2S/c1-8-5-11(14)10(13)6-12(8)15-3-4-18(16,17)7-9(15)2/h5-6,9H,3-4,7,14H2,1-2H3. The monoisotopic (exact) mass is 288 g/mol. The third kappa shape index (κ3) is 2.57. The molecule has 1 aromatic rings. The molecule has 18 heavy (non-hydrogen) atoms. The molecule has 0 aromatic heterocycles. The van der Waals surface area contributed by atoms with Gasteiger partial charge in [-0.05, 0) is 31.5 Å². The quantitative estimate of drug-likeness (QED) is 0.801. The first kappa shape index (κ1) is 13.5. The SMILES string of the molecule is Cc1cc(N)c(Cl)cc1N1CCS(=O)(=O)CC1C. The zero-order valence-electron chi connectivity index (χ0n) is 10.5. The number of nitrogen functional groups attached to an aromatic ring is 1. The van der Waals surface area contributed by atoms with Crippen molar-refractivity contribution in [1.82, 2.24) is 0 Å². The number of halogens is 1. The molecule has 100 valence electrons. The molecule has 1 heterocycles. The average molecular weight is 289 g/mol. The normalized spacial score (nSPS) is 23.1. The number of aryl methyl sites for hydroxylation is 1. The second-order valence-electron chi connectivity index (χ2n) is 4.82. The molecule has 0 spiro atoms. The van der Waals surface area contributed by atoms with Gasteiger partial charge in [-0.2, -0.15) is 0 Å². The van der Waals surface area contributed by atoms with Crippen molar-refractivity contribution in [2.45, 2.75) is 19.9 Å². The lowest BCUT2D eigenvalue weighted by molar-refractivity contribution is 0.568. The maximum absolute atomic E-state index is 11.6. The zero-order valence-corrected chi connectivity index (χ0v) is 12.1. The van der Waals surface area contributed by atoms with Gasteiger partial charge in [0.25, 0.3) is 0 Å². The van der Waals surface area contributed by atoms with Gasteiger partial charge in [0.15, 0.2) is 9.84 Å². The van der Waals surface area contributed by atoms with E-state index >= 15 is 0 Å². The van der Waals surface area contributed by atoms with E-state index in [1.165, 1.54) is 0 Å². The van der Waals surface area contributed by atoms with Crippen LogP contribution in [0.3, 0.4) is 0 Å². The van der Waals surface area contributed by atoms with Crippen molar-refractivity contribution >= 4 is 32.8 Å². The van der Waals surface area contributed by atoms with Crippen LogP contribution in [0.25, 0.3) is 0 Å². The van der Waals surface area contributed by atoms with Crippen LogP contribution in [-0.2, 0) is 9.84 Å². The van der Waals surface area contributed by atoms with Gasteiger partial charge in [-0.15, -0.1) is 0 Å². The second kappa shape index (κ2) is 4.63. The third-order valence-electron chi connectivity index (χ3n) is 3.30. The molecular formula is C12H17ClN2O2S. The van der Waals surface area contributed by atoms with Crippen molar-refractivity contribution in [1.29, 1.82) is 0 Å². The van der Waals surface area contributed by atoms with Crippen molar-refractivity contribution in [2.75, 3.05) is 28.7 Å². The molecule has 2 rings (SSSR count). The van der Waals surface area contributed by atoms with Crippen molar-refractivity contribution < 1.29 is 8.42 Å². The molecule has 0 amide bonds. The summed E-state index contributed by atoms with van der Waals surface area (Å²) in [5.74, 6) is 0.382. The summed E-state index contributed by atoms with van der Waals surface area (Å²) in [5.41, 5.74) is 8.29. The van der Waals surface area contributed by atoms with E-state index in [0.29, 0.717) is 17.3 Å². The van der Waals surface area contributed by atoms with Crippen LogP contribution in [-0.4, -0.2) is 32.5 Å². The minimum absolute atomic E-state index is 0.0397. The van der Waals surface area contributed by atoms with Crippen LogP contribution in [0.4, 0.5) is 11.4 Å². The Labute approximate surface area is 113 Å². The smallest absolute Gasteiger partial charge is 0.154 e. The predicted octanol–water partition coefficient (Wildman–Crippen LogP) is 1.85. The Kier molecular flexibility index (Phi) is 3.47. The fraction of sp³-hybridized carbons (Fsp3) is 0.500. The molecule has 1 atom stereocenters. The number of hydrogen-bond acceptors (Lipinski definition) is 4. The van der Waals surface area contributed by atoms with Gasteiger partial charge in [0.05, 0.1) is 22.2 Å². The van der Waals surface area contributed by atoms with Crippen molar-refractivity contribution in [3.8, 4) is 0 Å². The van der Waals surface area contributed by atoms with E-state index in [-0.39, 0.29) is 17.5 Å². The van der Waals surface area contributed by atoms with E-state index in [4.69, 9.17) is 17.3 Å². The maximum Gasteiger partial charge on any atom is 0.154 e. The lowest BCUT2D eigenvalue weighted by atomic mass is 10.1. The highest BCUT2D eigenvalue weighted by Gasteiger charge is 2.29. The highest BCUT2D eigenvalue weighted by atomic mass is 35.5. The number of hydrogen-bond donors (Lipinski definition) is 1. The molecule has 1 aliphatic rings. The fourth-order valence-corrected chi connectivity index (χ4v) is 4.07. The van der Waals surface area contributed by atoms with E-state index in [9.17, 15) is 8.42 Å². The van der Waals surface area contributed by atoms with Gasteiger partial charge < -0.3 is 10.6 Å². The Bertz CT molecular complexity index is 572. The summed E-state index contributed by atoms with van der Waals surface area (Å²) < 4.78 is 23.1. The number of rotatable bonds is 1. The zero-order chi connectivity index (χ0) is 13.5. The van der Waals surface area contributed by atoms with Crippen molar-refractivity contribution in [2.24, 2.45) is 0 Å². The van der Waals surface area contributed by atoms with Crippen LogP contribution < -0.4 is 10.6 Å². The molecule has 4 nitrogen and oxygen atoms in total. The molecule has 0 radical (unpaired) electrons. The summed E-state index contributed by atoms with van der Waals surface area (Å²) in [6.45, 7) is 4.38. The van der Waals surface area contributed by atoms with E-state index in [1.54, 1.807) is 0 Å². The number of sulfone groups is 1. The molecule has 0 bridgehead atoms. The summed E-state index contributed by atoms with van der Waals surface area (Å²) in [6, 6.07) is 3.61.